The molecule has 0 aliphatic carbocycles. The van der Waals surface area contributed by atoms with Gasteiger partial charge in [0.05, 0.1) is 18.6 Å². The van der Waals surface area contributed by atoms with Gasteiger partial charge in [0, 0.05) is 43.9 Å². The molecule has 4 heterocycles. The summed E-state index contributed by atoms with van der Waals surface area (Å²) in [6.07, 6.45) is 3.12. The van der Waals surface area contributed by atoms with E-state index in [1.165, 1.54) is 0 Å². The summed E-state index contributed by atoms with van der Waals surface area (Å²) in [7, 11) is 0. The smallest absolute Gasteiger partial charge is 0.276 e. The molecule has 168 valence electrons. The third-order valence-electron chi connectivity index (χ3n) is 5.50. The molecule has 0 N–H and O–H groups in total. The summed E-state index contributed by atoms with van der Waals surface area (Å²) >= 11 is 0. The van der Waals surface area contributed by atoms with E-state index in [1.807, 2.05) is 37.3 Å². The molecule has 0 spiro atoms. The summed E-state index contributed by atoms with van der Waals surface area (Å²) in [5.41, 5.74) is 2.11. The largest absolute Gasteiger partial charge is 0.494 e. The van der Waals surface area contributed by atoms with Gasteiger partial charge in [0.15, 0.2) is 11.5 Å². The van der Waals surface area contributed by atoms with Crippen LogP contribution in [-0.2, 0) is 0 Å². The average molecular weight is 445 g/mol. The quantitative estimate of drug-likeness (QED) is 0.443. The molecule has 1 amide bonds. The Morgan fingerprint density at radius 2 is 1.85 bits per heavy atom. The number of furan rings is 1. The Kier molecular flexibility index (Phi) is 5.75. The molecule has 9 heteroatoms. The topological polar surface area (TPSA) is 97.7 Å². The number of hydrogen-bond donors (Lipinski definition) is 0. The van der Waals surface area contributed by atoms with Gasteiger partial charge >= 0.3 is 0 Å². The summed E-state index contributed by atoms with van der Waals surface area (Å²) in [4.78, 5) is 25.6. The van der Waals surface area contributed by atoms with Crippen LogP contribution in [0.4, 0.5) is 5.82 Å². The van der Waals surface area contributed by atoms with Crippen molar-refractivity contribution in [2.24, 2.45) is 0 Å². The number of anilines is 1. The predicted molar refractivity (Wildman–Crippen MR) is 121 cm³/mol. The molecule has 0 atom stereocenters. The summed E-state index contributed by atoms with van der Waals surface area (Å²) in [5, 5.41) is 3.92. The second-order valence-corrected chi connectivity index (χ2v) is 7.55. The molecule has 33 heavy (non-hydrogen) atoms. The van der Waals surface area contributed by atoms with Gasteiger partial charge in [-0.05, 0) is 43.3 Å². The van der Waals surface area contributed by atoms with Crippen LogP contribution in [0.2, 0.25) is 0 Å². The molecule has 1 aliphatic heterocycles. The highest BCUT2D eigenvalue weighted by molar-refractivity contribution is 5.93. The number of nitrogens with zero attached hydrogens (tertiary/aromatic N) is 5. The number of carbonyl (C=O) groups excluding carboxylic acids is 1. The molecule has 0 saturated carbocycles. The lowest BCUT2D eigenvalue weighted by atomic mass is 10.1. The fourth-order valence-electron chi connectivity index (χ4n) is 3.78. The van der Waals surface area contributed by atoms with Gasteiger partial charge < -0.3 is 23.5 Å². The minimum absolute atomic E-state index is 0.158. The second-order valence-electron chi connectivity index (χ2n) is 7.55. The van der Waals surface area contributed by atoms with Crippen molar-refractivity contribution < 1.29 is 18.5 Å². The van der Waals surface area contributed by atoms with E-state index in [9.17, 15) is 4.79 Å². The fourth-order valence-corrected chi connectivity index (χ4v) is 3.78. The van der Waals surface area contributed by atoms with E-state index in [0.29, 0.717) is 44.3 Å². The van der Waals surface area contributed by atoms with Crippen LogP contribution in [0.5, 0.6) is 5.75 Å². The van der Waals surface area contributed by atoms with Crippen LogP contribution in [0, 0.1) is 0 Å². The zero-order valence-electron chi connectivity index (χ0n) is 18.2. The fraction of sp³-hybridized carbons (Fsp3) is 0.250. The number of rotatable bonds is 6. The number of amides is 1. The molecular weight excluding hydrogens is 422 g/mol. The highest BCUT2D eigenvalue weighted by Gasteiger charge is 2.26. The number of hydrogen-bond acceptors (Lipinski definition) is 8. The van der Waals surface area contributed by atoms with Crippen LogP contribution in [0.15, 0.2) is 70.1 Å². The monoisotopic (exact) mass is 445 g/mol. The summed E-state index contributed by atoms with van der Waals surface area (Å²) < 4.78 is 16.1. The normalized spacial score (nSPS) is 13.8. The molecule has 1 fully saturated rings. The van der Waals surface area contributed by atoms with E-state index in [2.05, 4.69) is 20.0 Å². The van der Waals surface area contributed by atoms with Gasteiger partial charge in [-0.25, -0.2) is 9.97 Å². The van der Waals surface area contributed by atoms with Gasteiger partial charge in [-0.1, -0.05) is 5.16 Å². The minimum Gasteiger partial charge on any atom is -0.494 e. The number of carbonyl (C=O) groups is 1. The molecule has 3 aromatic heterocycles. The highest BCUT2D eigenvalue weighted by Crippen LogP contribution is 2.25. The molecule has 1 aliphatic rings. The van der Waals surface area contributed by atoms with Crippen LogP contribution in [0.25, 0.3) is 22.8 Å². The lowest BCUT2D eigenvalue weighted by Crippen LogP contribution is -2.49. The van der Waals surface area contributed by atoms with Crippen LogP contribution in [-0.4, -0.2) is 58.7 Å². The van der Waals surface area contributed by atoms with E-state index in [4.69, 9.17) is 13.7 Å². The standard InChI is InChI=1S/C24H23N5O4/c1-2-31-18-7-5-17(6-8-18)19-15-23(26-16-25-19)28-9-11-29(12-10-28)24(30)20-14-22(33-27-20)21-4-3-13-32-21/h3-8,13-16H,2,9-12H2,1H3. The van der Waals surface area contributed by atoms with Crippen molar-refractivity contribution in [3.05, 3.63) is 66.8 Å². The molecule has 0 bridgehead atoms. The highest BCUT2D eigenvalue weighted by atomic mass is 16.5. The Bertz CT molecular complexity index is 1210. The molecule has 1 aromatic carbocycles. The molecule has 9 nitrogen and oxygen atoms in total. The van der Waals surface area contributed by atoms with Crippen molar-refractivity contribution in [3.8, 4) is 28.5 Å². The zero-order chi connectivity index (χ0) is 22.6. The summed E-state index contributed by atoms with van der Waals surface area (Å²) in [6.45, 7) is 5.03. The number of piperazine rings is 1. The first kappa shape index (κ1) is 20.7. The molecular formula is C24H23N5O4. The van der Waals surface area contributed by atoms with Crippen molar-refractivity contribution in [2.45, 2.75) is 6.92 Å². The Hall–Kier alpha value is -4.14. The predicted octanol–water partition coefficient (Wildman–Crippen LogP) is 3.75. The van der Waals surface area contributed by atoms with Gasteiger partial charge in [-0.3, -0.25) is 4.79 Å². The van der Waals surface area contributed by atoms with Crippen LogP contribution < -0.4 is 9.64 Å². The maximum atomic E-state index is 12.9. The maximum absolute atomic E-state index is 12.9. The average Bonchev–Trinajstić information content (AvgIpc) is 3.57. The lowest BCUT2D eigenvalue weighted by Gasteiger charge is -2.35. The van der Waals surface area contributed by atoms with Crippen molar-refractivity contribution in [1.82, 2.24) is 20.0 Å². The molecule has 0 radical (unpaired) electrons. The van der Waals surface area contributed by atoms with Gasteiger partial charge in [0.25, 0.3) is 5.91 Å². The first-order chi connectivity index (χ1) is 16.2. The first-order valence-electron chi connectivity index (χ1n) is 10.8. The van der Waals surface area contributed by atoms with Crippen molar-refractivity contribution in [3.63, 3.8) is 0 Å². The van der Waals surface area contributed by atoms with E-state index < -0.39 is 0 Å². The molecule has 1 saturated heterocycles. The molecule has 4 aromatic rings. The SMILES string of the molecule is CCOc1ccc(-c2cc(N3CCN(C(=O)c4cc(-c5ccco5)on4)CC3)ncn2)cc1. The Morgan fingerprint density at radius 1 is 1.03 bits per heavy atom. The third kappa shape index (κ3) is 4.43. The van der Waals surface area contributed by atoms with Crippen LogP contribution in [0.3, 0.4) is 0 Å². The van der Waals surface area contributed by atoms with E-state index >= 15 is 0 Å². The lowest BCUT2D eigenvalue weighted by molar-refractivity contribution is 0.0736. The van der Waals surface area contributed by atoms with E-state index in [1.54, 1.807) is 35.7 Å². The summed E-state index contributed by atoms with van der Waals surface area (Å²) in [5.74, 6) is 2.49. The van der Waals surface area contributed by atoms with Crippen molar-refractivity contribution in [2.75, 3.05) is 37.7 Å². The summed E-state index contributed by atoms with van der Waals surface area (Å²) in [6, 6.07) is 15.0. The Balaban J connectivity index is 1.23. The molecule has 0 unspecified atom stereocenters. The van der Waals surface area contributed by atoms with E-state index in [0.717, 1.165) is 22.8 Å². The van der Waals surface area contributed by atoms with Crippen molar-refractivity contribution in [1.29, 1.82) is 0 Å². The van der Waals surface area contributed by atoms with Gasteiger partial charge in [-0.2, -0.15) is 0 Å². The number of benzene rings is 1. The Labute approximate surface area is 190 Å². The number of ether oxygens (including phenoxy) is 1. The second kappa shape index (κ2) is 9.15. The van der Waals surface area contributed by atoms with Gasteiger partial charge in [0.2, 0.25) is 5.76 Å². The first-order valence-corrected chi connectivity index (χ1v) is 10.8. The van der Waals surface area contributed by atoms with Crippen LogP contribution >= 0.6 is 0 Å². The maximum Gasteiger partial charge on any atom is 0.276 e. The number of aromatic nitrogens is 3. The third-order valence-corrected chi connectivity index (χ3v) is 5.50. The van der Waals surface area contributed by atoms with Gasteiger partial charge in [-0.15, -0.1) is 0 Å². The molecule has 5 rings (SSSR count). The van der Waals surface area contributed by atoms with Gasteiger partial charge in [0.1, 0.15) is 17.9 Å². The Morgan fingerprint density at radius 3 is 2.58 bits per heavy atom. The zero-order valence-corrected chi connectivity index (χ0v) is 18.2. The van der Waals surface area contributed by atoms with Crippen molar-refractivity contribution >= 4 is 11.7 Å². The minimum atomic E-state index is -0.158. The van der Waals surface area contributed by atoms with Crippen LogP contribution in [0.1, 0.15) is 17.4 Å². The van der Waals surface area contributed by atoms with E-state index in [-0.39, 0.29) is 11.6 Å².